The standard InChI is InChI=1S/C26H26N6O5/c1-36-19-7-3-17(4-8-19)22-13-23(18-5-9-20(37-2)10-6-18)32(29-22)24(34)15-30-16-27-25-21(26(30)35)14-28-31(25)11-12-33/h3-10,14,16,23,33H,11-13,15H2,1-2H3. The molecule has 190 valence electrons. The normalized spacial score (nSPS) is 15.2. The van der Waals surface area contributed by atoms with Gasteiger partial charge in [0, 0.05) is 6.42 Å². The fourth-order valence-corrected chi connectivity index (χ4v) is 4.37. The van der Waals surface area contributed by atoms with E-state index in [1.54, 1.807) is 14.2 Å². The molecule has 2 aromatic carbocycles. The summed E-state index contributed by atoms with van der Waals surface area (Å²) >= 11 is 0. The van der Waals surface area contributed by atoms with Crippen LogP contribution in [0.1, 0.15) is 23.6 Å². The molecule has 0 fully saturated rings. The lowest BCUT2D eigenvalue weighted by Crippen LogP contribution is -2.34. The Bertz CT molecular complexity index is 1510. The molecular weight excluding hydrogens is 476 g/mol. The van der Waals surface area contributed by atoms with Crippen LogP contribution in [-0.2, 0) is 17.9 Å². The molecular formula is C26H26N6O5. The number of carbonyl (C=O) groups excluding carboxylic acids is 1. The lowest BCUT2D eigenvalue weighted by molar-refractivity contribution is -0.133. The highest BCUT2D eigenvalue weighted by Gasteiger charge is 2.33. The van der Waals surface area contributed by atoms with Gasteiger partial charge in [0.2, 0.25) is 0 Å². The molecule has 1 amide bonds. The minimum atomic E-state index is -0.387. The van der Waals surface area contributed by atoms with Gasteiger partial charge in [-0.3, -0.25) is 14.2 Å². The molecule has 1 aliphatic heterocycles. The molecule has 11 heteroatoms. The Labute approximate surface area is 212 Å². The van der Waals surface area contributed by atoms with E-state index in [0.717, 1.165) is 22.6 Å². The average Bonchev–Trinajstić information content (AvgIpc) is 3.56. The number of ether oxygens (including phenoxy) is 2. The van der Waals surface area contributed by atoms with E-state index in [9.17, 15) is 14.7 Å². The van der Waals surface area contributed by atoms with Gasteiger partial charge in [-0.05, 0) is 47.5 Å². The van der Waals surface area contributed by atoms with Crippen molar-refractivity contribution < 1.29 is 19.4 Å². The van der Waals surface area contributed by atoms with Gasteiger partial charge in [0.15, 0.2) is 5.65 Å². The third-order valence-corrected chi connectivity index (χ3v) is 6.33. The van der Waals surface area contributed by atoms with Crippen LogP contribution in [0.4, 0.5) is 0 Å². The summed E-state index contributed by atoms with van der Waals surface area (Å²) in [6, 6.07) is 14.7. The van der Waals surface area contributed by atoms with E-state index in [1.165, 1.54) is 26.8 Å². The van der Waals surface area contributed by atoms with E-state index in [2.05, 4.69) is 15.2 Å². The lowest BCUT2D eigenvalue weighted by atomic mass is 9.98. The molecule has 0 radical (unpaired) electrons. The van der Waals surface area contributed by atoms with E-state index in [-0.39, 0.29) is 42.6 Å². The van der Waals surface area contributed by atoms with Crippen LogP contribution in [-0.4, -0.2) is 61.9 Å². The number of benzene rings is 2. The Balaban J connectivity index is 1.46. The summed E-state index contributed by atoms with van der Waals surface area (Å²) in [4.78, 5) is 30.9. The van der Waals surface area contributed by atoms with Crippen LogP contribution < -0.4 is 15.0 Å². The SMILES string of the molecule is COc1ccc(C2=NN(C(=O)Cn3cnc4c(cnn4CCO)c3=O)C(c3ccc(OC)cc3)C2)cc1. The third-order valence-electron chi connectivity index (χ3n) is 6.33. The van der Waals surface area contributed by atoms with Crippen LogP contribution in [0.3, 0.4) is 0 Å². The van der Waals surface area contributed by atoms with Crippen LogP contribution in [0.25, 0.3) is 11.0 Å². The summed E-state index contributed by atoms with van der Waals surface area (Å²) in [7, 11) is 3.20. The molecule has 1 unspecified atom stereocenters. The summed E-state index contributed by atoms with van der Waals surface area (Å²) in [5, 5.41) is 19.7. The first-order valence-corrected chi connectivity index (χ1v) is 11.7. The highest BCUT2D eigenvalue weighted by molar-refractivity contribution is 6.03. The Morgan fingerprint density at radius 1 is 1.05 bits per heavy atom. The van der Waals surface area contributed by atoms with Gasteiger partial charge in [-0.2, -0.15) is 10.2 Å². The molecule has 0 bridgehead atoms. The van der Waals surface area contributed by atoms with Gasteiger partial charge in [-0.25, -0.2) is 14.7 Å². The smallest absolute Gasteiger partial charge is 0.264 e. The van der Waals surface area contributed by atoms with Crippen LogP contribution in [0, 0.1) is 0 Å². The molecule has 4 aromatic rings. The predicted molar refractivity (Wildman–Crippen MR) is 136 cm³/mol. The van der Waals surface area contributed by atoms with E-state index in [4.69, 9.17) is 9.47 Å². The summed E-state index contributed by atoms with van der Waals surface area (Å²) < 4.78 is 13.2. The Morgan fingerprint density at radius 3 is 2.38 bits per heavy atom. The van der Waals surface area contributed by atoms with Gasteiger partial charge >= 0.3 is 0 Å². The maximum atomic E-state index is 13.5. The third kappa shape index (κ3) is 4.68. The zero-order valence-corrected chi connectivity index (χ0v) is 20.4. The highest BCUT2D eigenvalue weighted by atomic mass is 16.5. The number of nitrogens with zero attached hydrogens (tertiary/aromatic N) is 6. The number of methoxy groups -OCH3 is 2. The quantitative estimate of drug-likeness (QED) is 0.391. The van der Waals surface area contributed by atoms with Crippen molar-refractivity contribution in [2.75, 3.05) is 20.8 Å². The van der Waals surface area contributed by atoms with E-state index >= 15 is 0 Å². The summed E-state index contributed by atoms with van der Waals surface area (Å²) in [6.45, 7) is -0.145. The average molecular weight is 503 g/mol. The second-order valence-corrected chi connectivity index (χ2v) is 8.51. The fourth-order valence-electron chi connectivity index (χ4n) is 4.37. The van der Waals surface area contributed by atoms with Gasteiger partial charge < -0.3 is 14.6 Å². The van der Waals surface area contributed by atoms with E-state index < -0.39 is 0 Å². The number of carbonyl (C=O) groups is 1. The molecule has 1 atom stereocenters. The first-order chi connectivity index (χ1) is 18.0. The zero-order chi connectivity index (χ0) is 25.9. The number of aromatic nitrogens is 4. The van der Waals surface area contributed by atoms with Crippen LogP contribution in [0.15, 0.2) is 71.0 Å². The molecule has 0 spiro atoms. The van der Waals surface area contributed by atoms with Crippen molar-refractivity contribution in [1.29, 1.82) is 0 Å². The number of hydrogen-bond donors (Lipinski definition) is 1. The zero-order valence-electron chi connectivity index (χ0n) is 20.4. The van der Waals surface area contributed by atoms with Crippen molar-refractivity contribution >= 4 is 22.7 Å². The summed E-state index contributed by atoms with van der Waals surface area (Å²) in [5.74, 6) is 1.09. The highest BCUT2D eigenvalue weighted by Crippen LogP contribution is 2.34. The van der Waals surface area contributed by atoms with Crippen molar-refractivity contribution in [2.45, 2.75) is 25.6 Å². The molecule has 0 aliphatic carbocycles. The molecule has 1 N–H and O–H groups in total. The first-order valence-electron chi connectivity index (χ1n) is 11.7. The van der Waals surface area contributed by atoms with E-state index in [1.807, 2.05) is 48.5 Å². The molecule has 2 aromatic heterocycles. The molecule has 37 heavy (non-hydrogen) atoms. The fraction of sp³-hybridized carbons (Fsp3) is 0.269. The number of fused-ring (bicyclic) bond motifs is 1. The number of aliphatic hydroxyl groups excluding tert-OH is 1. The second-order valence-electron chi connectivity index (χ2n) is 8.51. The molecule has 1 aliphatic rings. The van der Waals surface area contributed by atoms with Crippen molar-refractivity contribution in [1.82, 2.24) is 24.3 Å². The van der Waals surface area contributed by atoms with Gasteiger partial charge in [0.05, 0.1) is 45.3 Å². The van der Waals surface area contributed by atoms with Gasteiger partial charge in [0.1, 0.15) is 29.8 Å². The predicted octanol–water partition coefficient (Wildman–Crippen LogP) is 1.98. The van der Waals surface area contributed by atoms with Gasteiger partial charge in [0.25, 0.3) is 11.5 Å². The first kappa shape index (κ1) is 24.2. The van der Waals surface area contributed by atoms with Crippen molar-refractivity contribution in [3.8, 4) is 11.5 Å². The summed E-state index contributed by atoms with van der Waals surface area (Å²) in [5.41, 5.74) is 2.50. The molecule has 5 rings (SSSR count). The minimum Gasteiger partial charge on any atom is -0.497 e. The Kier molecular flexibility index (Phi) is 6.69. The van der Waals surface area contributed by atoms with Crippen molar-refractivity contribution in [3.63, 3.8) is 0 Å². The van der Waals surface area contributed by atoms with E-state index in [0.29, 0.717) is 17.8 Å². The number of amides is 1. The monoisotopic (exact) mass is 502 g/mol. The molecule has 0 saturated carbocycles. The number of rotatable bonds is 8. The van der Waals surface area contributed by atoms with Crippen molar-refractivity contribution in [3.05, 3.63) is 82.5 Å². The number of hydrazone groups is 1. The maximum Gasteiger partial charge on any atom is 0.264 e. The molecule has 11 nitrogen and oxygen atoms in total. The van der Waals surface area contributed by atoms with Gasteiger partial charge in [-0.1, -0.05) is 12.1 Å². The molecule has 3 heterocycles. The second kappa shape index (κ2) is 10.2. The number of aliphatic hydroxyl groups is 1. The number of hydrogen-bond acceptors (Lipinski definition) is 8. The van der Waals surface area contributed by atoms with Gasteiger partial charge in [-0.15, -0.1) is 0 Å². The van der Waals surface area contributed by atoms with Crippen LogP contribution in [0.2, 0.25) is 0 Å². The van der Waals surface area contributed by atoms with Crippen LogP contribution in [0.5, 0.6) is 11.5 Å². The Morgan fingerprint density at radius 2 is 1.73 bits per heavy atom. The minimum absolute atomic E-state index is 0.129. The van der Waals surface area contributed by atoms with Crippen molar-refractivity contribution in [2.24, 2.45) is 5.10 Å². The Hall–Kier alpha value is -4.51. The maximum absolute atomic E-state index is 13.5. The van der Waals surface area contributed by atoms with Crippen LogP contribution >= 0.6 is 0 Å². The topological polar surface area (TPSA) is 124 Å². The molecule has 0 saturated heterocycles. The lowest BCUT2D eigenvalue weighted by Gasteiger charge is -2.22. The summed E-state index contributed by atoms with van der Waals surface area (Å²) in [6.07, 6.45) is 3.23. The largest absolute Gasteiger partial charge is 0.497 e.